The quantitative estimate of drug-likeness (QED) is 0.784. The molecule has 0 spiro atoms. The number of aryl methyl sites for hydroxylation is 1. The summed E-state index contributed by atoms with van der Waals surface area (Å²) in [6.45, 7) is 5.41. The van der Waals surface area contributed by atoms with Gasteiger partial charge in [-0.2, -0.15) is 5.10 Å². The highest BCUT2D eigenvalue weighted by atomic mass is 79.9. The Balaban J connectivity index is 2.36. The molecule has 5 heteroatoms. The molecule has 0 aromatic carbocycles. The van der Waals surface area contributed by atoms with Crippen LogP contribution >= 0.6 is 15.9 Å². The highest BCUT2D eigenvalue weighted by Crippen LogP contribution is 2.25. The standard InChI is InChI=1S/C9H14BrN3O/c1-5-9(10)6(2)13(12-5)7-3-11-4-8(7)14/h7-8,11,14H,3-4H2,1-2H3. The first-order valence-electron chi connectivity index (χ1n) is 4.71. The number of aliphatic hydroxyl groups excluding tert-OH is 1. The fraction of sp³-hybridized carbons (Fsp3) is 0.667. The first kappa shape index (κ1) is 10.1. The molecule has 1 aromatic heterocycles. The molecule has 2 unspecified atom stereocenters. The van der Waals surface area contributed by atoms with Crippen molar-refractivity contribution < 1.29 is 5.11 Å². The van der Waals surface area contributed by atoms with Gasteiger partial charge in [0.25, 0.3) is 0 Å². The summed E-state index contributed by atoms with van der Waals surface area (Å²) < 4.78 is 2.95. The number of aliphatic hydroxyl groups is 1. The molecule has 2 heterocycles. The van der Waals surface area contributed by atoms with Crippen molar-refractivity contribution in [2.24, 2.45) is 0 Å². The van der Waals surface area contributed by atoms with Gasteiger partial charge in [-0.3, -0.25) is 4.68 Å². The number of rotatable bonds is 1. The monoisotopic (exact) mass is 259 g/mol. The van der Waals surface area contributed by atoms with E-state index in [9.17, 15) is 5.11 Å². The number of hydrogen-bond acceptors (Lipinski definition) is 3. The normalized spacial score (nSPS) is 27.1. The predicted molar refractivity (Wildman–Crippen MR) is 57.3 cm³/mol. The van der Waals surface area contributed by atoms with Gasteiger partial charge in [0.1, 0.15) is 0 Å². The van der Waals surface area contributed by atoms with E-state index in [0.29, 0.717) is 6.54 Å². The minimum atomic E-state index is -0.333. The molecular formula is C9H14BrN3O. The second-order valence-corrected chi connectivity index (χ2v) is 4.52. The van der Waals surface area contributed by atoms with Crippen LogP contribution in [0.5, 0.6) is 0 Å². The predicted octanol–water partition coefficient (Wildman–Crippen LogP) is 0.768. The van der Waals surface area contributed by atoms with Crippen LogP contribution in [0.25, 0.3) is 0 Å². The number of nitrogens with one attached hydrogen (secondary N) is 1. The molecule has 0 bridgehead atoms. The molecule has 2 atom stereocenters. The average molecular weight is 260 g/mol. The molecule has 0 aliphatic carbocycles. The lowest BCUT2D eigenvalue weighted by atomic mass is 10.2. The van der Waals surface area contributed by atoms with Gasteiger partial charge in [-0.25, -0.2) is 0 Å². The Hall–Kier alpha value is -0.390. The van der Waals surface area contributed by atoms with E-state index in [2.05, 4.69) is 26.3 Å². The lowest BCUT2D eigenvalue weighted by Gasteiger charge is -2.15. The van der Waals surface area contributed by atoms with E-state index in [0.717, 1.165) is 22.4 Å². The second kappa shape index (κ2) is 3.64. The van der Waals surface area contributed by atoms with Crippen molar-refractivity contribution in [1.82, 2.24) is 15.1 Å². The highest BCUT2D eigenvalue weighted by molar-refractivity contribution is 9.10. The van der Waals surface area contributed by atoms with E-state index >= 15 is 0 Å². The Bertz CT molecular complexity index is 350. The summed E-state index contributed by atoms with van der Waals surface area (Å²) in [6, 6.07) is 0.0694. The van der Waals surface area contributed by atoms with Crippen LogP contribution in [0.15, 0.2) is 4.47 Å². The summed E-state index contributed by atoms with van der Waals surface area (Å²) >= 11 is 3.48. The largest absolute Gasteiger partial charge is 0.390 e. The third-order valence-corrected chi connectivity index (χ3v) is 3.85. The molecule has 1 aliphatic heterocycles. The van der Waals surface area contributed by atoms with Gasteiger partial charge in [0.2, 0.25) is 0 Å². The van der Waals surface area contributed by atoms with Crippen LogP contribution in [0.3, 0.4) is 0 Å². The molecule has 14 heavy (non-hydrogen) atoms. The van der Waals surface area contributed by atoms with Crippen LogP contribution in [-0.2, 0) is 0 Å². The van der Waals surface area contributed by atoms with Crippen molar-refractivity contribution in [2.45, 2.75) is 26.0 Å². The minimum Gasteiger partial charge on any atom is -0.390 e. The van der Waals surface area contributed by atoms with Gasteiger partial charge in [0.15, 0.2) is 0 Å². The van der Waals surface area contributed by atoms with Crippen LogP contribution in [0, 0.1) is 13.8 Å². The Morgan fingerprint density at radius 1 is 1.50 bits per heavy atom. The third-order valence-electron chi connectivity index (χ3n) is 2.70. The fourth-order valence-electron chi connectivity index (χ4n) is 1.87. The first-order valence-corrected chi connectivity index (χ1v) is 5.50. The molecule has 0 radical (unpaired) electrons. The first-order chi connectivity index (χ1) is 6.61. The molecular weight excluding hydrogens is 246 g/mol. The van der Waals surface area contributed by atoms with Crippen molar-refractivity contribution in [2.75, 3.05) is 13.1 Å². The van der Waals surface area contributed by atoms with E-state index in [1.54, 1.807) is 0 Å². The van der Waals surface area contributed by atoms with Crippen LogP contribution in [0.4, 0.5) is 0 Å². The maximum absolute atomic E-state index is 9.73. The van der Waals surface area contributed by atoms with Crippen molar-refractivity contribution in [1.29, 1.82) is 0 Å². The molecule has 0 amide bonds. The van der Waals surface area contributed by atoms with Gasteiger partial charge < -0.3 is 10.4 Å². The maximum atomic E-state index is 9.73. The number of nitrogens with zero attached hydrogens (tertiary/aromatic N) is 2. The number of β-amino-alcohol motifs (C(OH)–C–C–N with tert-alkyl or cyclic N) is 1. The van der Waals surface area contributed by atoms with Gasteiger partial charge >= 0.3 is 0 Å². The Morgan fingerprint density at radius 3 is 2.64 bits per heavy atom. The molecule has 78 valence electrons. The summed E-state index contributed by atoms with van der Waals surface area (Å²) in [5, 5.41) is 17.3. The second-order valence-electron chi connectivity index (χ2n) is 3.72. The van der Waals surface area contributed by atoms with Gasteiger partial charge in [0.05, 0.1) is 28.0 Å². The number of aromatic nitrogens is 2. The molecule has 2 rings (SSSR count). The Kier molecular flexibility index (Phi) is 2.64. The lowest BCUT2D eigenvalue weighted by Crippen LogP contribution is -2.24. The van der Waals surface area contributed by atoms with Crippen LogP contribution in [0.1, 0.15) is 17.4 Å². The minimum absolute atomic E-state index is 0.0694. The fourth-order valence-corrected chi connectivity index (χ4v) is 2.13. The molecule has 0 saturated carbocycles. The summed E-state index contributed by atoms with van der Waals surface area (Å²) in [5.74, 6) is 0. The molecule has 1 aliphatic rings. The van der Waals surface area contributed by atoms with Gasteiger partial charge in [-0.1, -0.05) is 0 Å². The number of halogens is 1. The molecule has 2 N–H and O–H groups in total. The van der Waals surface area contributed by atoms with Crippen LogP contribution < -0.4 is 5.32 Å². The van der Waals surface area contributed by atoms with E-state index < -0.39 is 0 Å². The molecule has 1 saturated heterocycles. The average Bonchev–Trinajstić information content (AvgIpc) is 2.66. The third kappa shape index (κ3) is 1.49. The Morgan fingerprint density at radius 2 is 2.21 bits per heavy atom. The Labute approximate surface area is 91.4 Å². The van der Waals surface area contributed by atoms with Gasteiger partial charge in [-0.05, 0) is 29.8 Å². The number of hydrogen-bond donors (Lipinski definition) is 2. The van der Waals surface area contributed by atoms with Crippen molar-refractivity contribution in [3.05, 3.63) is 15.9 Å². The van der Waals surface area contributed by atoms with Gasteiger partial charge in [0, 0.05) is 13.1 Å². The smallest absolute Gasteiger partial charge is 0.0918 e. The zero-order chi connectivity index (χ0) is 10.3. The van der Waals surface area contributed by atoms with E-state index in [1.807, 2.05) is 18.5 Å². The summed E-state index contributed by atoms with van der Waals surface area (Å²) in [6.07, 6.45) is -0.333. The highest BCUT2D eigenvalue weighted by Gasteiger charge is 2.29. The van der Waals surface area contributed by atoms with Crippen LogP contribution in [-0.4, -0.2) is 34.1 Å². The topological polar surface area (TPSA) is 50.1 Å². The zero-order valence-electron chi connectivity index (χ0n) is 8.29. The lowest BCUT2D eigenvalue weighted by molar-refractivity contribution is 0.143. The van der Waals surface area contributed by atoms with Crippen molar-refractivity contribution in [3.8, 4) is 0 Å². The van der Waals surface area contributed by atoms with Crippen molar-refractivity contribution in [3.63, 3.8) is 0 Å². The summed E-state index contributed by atoms with van der Waals surface area (Å²) in [5.41, 5.74) is 2.05. The van der Waals surface area contributed by atoms with E-state index in [1.165, 1.54) is 0 Å². The van der Waals surface area contributed by atoms with E-state index in [4.69, 9.17) is 0 Å². The maximum Gasteiger partial charge on any atom is 0.0918 e. The van der Waals surface area contributed by atoms with E-state index in [-0.39, 0.29) is 12.1 Å². The molecule has 1 fully saturated rings. The van der Waals surface area contributed by atoms with Crippen molar-refractivity contribution >= 4 is 15.9 Å². The van der Waals surface area contributed by atoms with Crippen LogP contribution in [0.2, 0.25) is 0 Å². The SMILES string of the molecule is Cc1nn(C2CNCC2O)c(C)c1Br. The zero-order valence-corrected chi connectivity index (χ0v) is 9.87. The molecule has 4 nitrogen and oxygen atoms in total. The molecule has 1 aromatic rings. The van der Waals surface area contributed by atoms with Gasteiger partial charge in [-0.15, -0.1) is 0 Å². The summed E-state index contributed by atoms with van der Waals surface area (Å²) in [7, 11) is 0. The summed E-state index contributed by atoms with van der Waals surface area (Å²) in [4.78, 5) is 0.